The quantitative estimate of drug-likeness (QED) is 0.711. The minimum atomic E-state index is -0.390. The number of carbonyl (C=O) groups is 2. The van der Waals surface area contributed by atoms with Gasteiger partial charge in [0.05, 0.1) is 18.6 Å². The summed E-state index contributed by atoms with van der Waals surface area (Å²) in [6, 6.07) is 12.2. The number of benzene rings is 1. The molecule has 0 spiro atoms. The molecule has 4 nitrogen and oxygen atoms in total. The molecule has 4 rings (SSSR count). The summed E-state index contributed by atoms with van der Waals surface area (Å²) >= 11 is 1.59. The molecule has 2 heterocycles. The second-order valence-corrected chi connectivity index (χ2v) is 9.47. The van der Waals surface area contributed by atoms with Crippen LogP contribution >= 0.6 is 11.3 Å². The Morgan fingerprint density at radius 3 is 2.59 bits per heavy atom. The van der Waals surface area contributed by atoms with Crippen molar-refractivity contribution in [3.63, 3.8) is 0 Å². The third-order valence-corrected chi connectivity index (χ3v) is 6.65. The SMILES string of the molecule is COC(=O)C1=C(C)NC2=C(C(=O)CC(C)(C)C2)[C@@H]1c1cc(-c2ccccc2)cs1. The standard InChI is InChI=1S/C24H25NO3S/c1-14-20(23(27)28-4)22(21-17(25-14)11-24(2,3)12-18(21)26)19-10-16(13-29-19)15-8-6-5-7-9-15/h5-10,13,22,25H,11-12H2,1-4H3/t22-/m1/s1. The largest absolute Gasteiger partial charge is 0.466 e. The van der Waals surface area contributed by atoms with Crippen LogP contribution in [0.1, 0.15) is 44.4 Å². The Balaban J connectivity index is 1.85. The molecule has 5 heteroatoms. The Morgan fingerprint density at radius 2 is 1.90 bits per heavy atom. The maximum absolute atomic E-state index is 13.2. The van der Waals surface area contributed by atoms with Crippen molar-refractivity contribution in [2.45, 2.75) is 39.5 Å². The molecule has 1 aliphatic carbocycles. The van der Waals surface area contributed by atoms with Crippen LogP contribution in [0.3, 0.4) is 0 Å². The molecule has 0 fully saturated rings. The Labute approximate surface area is 175 Å². The van der Waals surface area contributed by atoms with Crippen molar-refractivity contribution in [1.82, 2.24) is 5.32 Å². The van der Waals surface area contributed by atoms with Gasteiger partial charge in [0.1, 0.15) is 0 Å². The normalized spacial score (nSPS) is 21.0. The lowest BCUT2D eigenvalue weighted by atomic mass is 9.70. The van der Waals surface area contributed by atoms with Gasteiger partial charge in [0.15, 0.2) is 5.78 Å². The van der Waals surface area contributed by atoms with Gasteiger partial charge in [0.2, 0.25) is 0 Å². The lowest BCUT2D eigenvalue weighted by Gasteiger charge is -2.39. The first kappa shape index (κ1) is 19.6. The lowest BCUT2D eigenvalue weighted by Crippen LogP contribution is -2.38. The van der Waals surface area contributed by atoms with Gasteiger partial charge in [0, 0.05) is 28.3 Å². The molecule has 150 valence electrons. The van der Waals surface area contributed by atoms with Crippen LogP contribution in [0.2, 0.25) is 0 Å². The molecule has 0 bridgehead atoms. The van der Waals surface area contributed by atoms with E-state index in [1.54, 1.807) is 11.3 Å². The van der Waals surface area contributed by atoms with E-state index in [4.69, 9.17) is 4.74 Å². The average molecular weight is 408 g/mol. The zero-order valence-electron chi connectivity index (χ0n) is 17.2. The molecule has 0 saturated heterocycles. The van der Waals surface area contributed by atoms with Crippen LogP contribution in [0, 0.1) is 5.41 Å². The van der Waals surface area contributed by atoms with Gasteiger partial charge < -0.3 is 10.1 Å². The highest BCUT2D eigenvalue weighted by Gasteiger charge is 2.43. The Morgan fingerprint density at radius 1 is 1.17 bits per heavy atom. The molecule has 1 aromatic carbocycles. The summed E-state index contributed by atoms with van der Waals surface area (Å²) in [5.74, 6) is -0.666. The summed E-state index contributed by atoms with van der Waals surface area (Å²) in [6.07, 6.45) is 1.27. The number of ketones is 1. The zero-order valence-corrected chi connectivity index (χ0v) is 18.0. The fourth-order valence-electron chi connectivity index (χ4n) is 4.39. The van der Waals surface area contributed by atoms with Gasteiger partial charge in [-0.05, 0) is 41.3 Å². The first-order valence-electron chi connectivity index (χ1n) is 9.77. The number of carbonyl (C=O) groups excluding carboxylic acids is 2. The second-order valence-electron chi connectivity index (χ2n) is 8.53. The van der Waals surface area contributed by atoms with Crippen LogP contribution < -0.4 is 5.32 Å². The van der Waals surface area contributed by atoms with Gasteiger partial charge in [0.25, 0.3) is 0 Å². The minimum Gasteiger partial charge on any atom is -0.466 e. The molecule has 1 aromatic heterocycles. The van der Waals surface area contributed by atoms with E-state index < -0.39 is 0 Å². The maximum atomic E-state index is 13.2. The van der Waals surface area contributed by atoms with E-state index in [9.17, 15) is 9.59 Å². The van der Waals surface area contributed by atoms with Crippen molar-refractivity contribution in [1.29, 1.82) is 0 Å². The summed E-state index contributed by atoms with van der Waals surface area (Å²) < 4.78 is 5.09. The highest BCUT2D eigenvalue weighted by atomic mass is 32.1. The van der Waals surface area contributed by atoms with E-state index in [1.807, 2.05) is 25.1 Å². The predicted molar refractivity (Wildman–Crippen MR) is 115 cm³/mol. The van der Waals surface area contributed by atoms with E-state index in [1.165, 1.54) is 7.11 Å². The topological polar surface area (TPSA) is 55.4 Å². The van der Waals surface area contributed by atoms with Crippen LogP contribution in [-0.2, 0) is 14.3 Å². The van der Waals surface area contributed by atoms with Crippen LogP contribution in [0.25, 0.3) is 11.1 Å². The number of hydrogen-bond donors (Lipinski definition) is 1. The molecule has 1 atom stereocenters. The maximum Gasteiger partial charge on any atom is 0.336 e. The Hall–Kier alpha value is -2.66. The smallest absolute Gasteiger partial charge is 0.336 e. The number of rotatable bonds is 3. The van der Waals surface area contributed by atoms with Crippen LogP contribution in [0.5, 0.6) is 0 Å². The van der Waals surface area contributed by atoms with E-state index in [0.29, 0.717) is 12.0 Å². The van der Waals surface area contributed by atoms with Crippen molar-refractivity contribution < 1.29 is 14.3 Å². The highest BCUT2D eigenvalue weighted by molar-refractivity contribution is 7.10. The van der Waals surface area contributed by atoms with E-state index in [0.717, 1.165) is 39.4 Å². The summed E-state index contributed by atoms with van der Waals surface area (Å²) in [5.41, 5.74) is 5.07. The van der Waals surface area contributed by atoms with Gasteiger partial charge in [-0.1, -0.05) is 44.2 Å². The number of Topliss-reactive ketones (excluding diaryl/α,β-unsaturated/α-hetero) is 1. The third-order valence-electron chi connectivity index (χ3n) is 5.66. The zero-order chi connectivity index (χ0) is 20.8. The summed E-state index contributed by atoms with van der Waals surface area (Å²) in [6.45, 7) is 6.11. The van der Waals surface area contributed by atoms with Crippen molar-refractivity contribution in [2.24, 2.45) is 5.41 Å². The van der Waals surface area contributed by atoms with E-state index in [-0.39, 0.29) is 23.1 Å². The first-order chi connectivity index (χ1) is 13.8. The van der Waals surface area contributed by atoms with Crippen LogP contribution in [0.15, 0.2) is 64.3 Å². The number of hydrogen-bond acceptors (Lipinski definition) is 5. The van der Waals surface area contributed by atoms with E-state index in [2.05, 4.69) is 42.7 Å². The molecular weight excluding hydrogens is 382 g/mol. The van der Waals surface area contributed by atoms with Crippen molar-refractivity contribution in [3.05, 3.63) is 69.2 Å². The highest BCUT2D eigenvalue weighted by Crippen LogP contribution is 2.48. The van der Waals surface area contributed by atoms with Gasteiger partial charge >= 0.3 is 5.97 Å². The molecule has 0 unspecified atom stereocenters. The van der Waals surface area contributed by atoms with Crippen molar-refractivity contribution >= 4 is 23.1 Å². The third kappa shape index (κ3) is 3.55. The number of thiophene rings is 1. The summed E-state index contributed by atoms with van der Waals surface area (Å²) in [5, 5.41) is 5.44. The molecule has 1 aliphatic heterocycles. The van der Waals surface area contributed by atoms with E-state index >= 15 is 0 Å². The molecule has 0 radical (unpaired) electrons. The van der Waals surface area contributed by atoms with Crippen molar-refractivity contribution in [3.8, 4) is 11.1 Å². The molecule has 2 aromatic rings. The molecule has 1 N–H and O–H groups in total. The van der Waals surface area contributed by atoms with Crippen LogP contribution in [0.4, 0.5) is 0 Å². The van der Waals surface area contributed by atoms with Crippen molar-refractivity contribution in [2.75, 3.05) is 7.11 Å². The summed E-state index contributed by atoms with van der Waals surface area (Å²) in [4.78, 5) is 26.9. The molecule has 0 amide bonds. The predicted octanol–water partition coefficient (Wildman–Crippen LogP) is 5.19. The number of methoxy groups -OCH3 is 1. The molecule has 2 aliphatic rings. The molecule has 0 saturated carbocycles. The number of dihydropyridines is 1. The Kier molecular flexibility index (Phi) is 4.95. The monoisotopic (exact) mass is 407 g/mol. The van der Waals surface area contributed by atoms with Gasteiger partial charge in [-0.2, -0.15) is 0 Å². The lowest BCUT2D eigenvalue weighted by molar-refractivity contribution is -0.136. The fraction of sp³-hybridized carbons (Fsp3) is 0.333. The first-order valence-corrected chi connectivity index (χ1v) is 10.6. The van der Waals surface area contributed by atoms with Crippen LogP contribution in [-0.4, -0.2) is 18.9 Å². The Bertz CT molecular complexity index is 1040. The van der Waals surface area contributed by atoms with Gasteiger partial charge in [-0.15, -0.1) is 11.3 Å². The van der Waals surface area contributed by atoms with Gasteiger partial charge in [-0.25, -0.2) is 4.79 Å². The minimum absolute atomic E-state index is 0.0961. The number of allylic oxidation sites excluding steroid dienone is 3. The fourth-order valence-corrected chi connectivity index (χ4v) is 5.42. The molecule has 29 heavy (non-hydrogen) atoms. The van der Waals surface area contributed by atoms with Gasteiger partial charge in [-0.3, -0.25) is 4.79 Å². The number of nitrogens with one attached hydrogen (secondary N) is 1. The second kappa shape index (κ2) is 7.30. The molecular formula is C24H25NO3S. The summed E-state index contributed by atoms with van der Waals surface area (Å²) in [7, 11) is 1.39. The number of ether oxygens (including phenoxy) is 1. The average Bonchev–Trinajstić information content (AvgIpc) is 3.16. The number of esters is 1.